The summed E-state index contributed by atoms with van der Waals surface area (Å²) in [4.78, 5) is 11.5. The van der Waals surface area contributed by atoms with E-state index in [4.69, 9.17) is 0 Å². The van der Waals surface area contributed by atoms with Gasteiger partial charge in [0.15, 0.2) is 0 Å². The van der Waals surface area contributed by atoms with Gasteiger partial charge < -0.3 is 0 Å². The standard InChI is InChI=1S/C11H18O/c12-11(10-6-7-10)8-9-4-2-1-3-5-9/h9-10H,1-8H2. The maximum absolute atomic E-state index is 11.5. The number of carbonyl (C=O) groups excluding carboxylic acids is 1. The van der Waals surface area contributed by atoms with Gasteiger partial charge in [-0.3, -0.25) is 4.79 Å². The van der Waals surface area contributed by atoms with Crippen LogP contribution in [0.25, 0.3) is 0 Å². The Hall–Kier alpha value is -0.330. The fraction of sp³-hybridized carbons (Fsp3) is 0.909. The van der Waals surface area contributed by atoms with Gasteiger partial charge in [-0.2, -0.15) is 0 Å². The summed E-state index contributed by atoms with van der Waals surface area (Å²) in [7, 11) is 0. The fourth-order valence-electron chi connectivity index (χ4n) is 2.25. The van der Waals surface area contributed by atoms with Crippen LogP contribution in [-0.2, 0) is 4.79 Å². The molecule has 0 radical (unpaired) electrons. The van der Waals surface area contributed by atoms with Crippen molar-refractivity contribution in [3.63, 3.8) is 0 Å². The molecule has 68 valence electrons. The third kappa shape index (κ3) is 2.09. The molecule has 2 aliphatic carbocycles. The maximum atomic E-state index is 11.5. The van der Waals surface area contributed by atoms with Crippen LogP contribution in [0.1, 0.15) is 51.4 Å². The number of Topliss-reactive ketones (excluding diaryl/α,β-unsaturated/α-hetero) is 1. The molecule has 0 bridgehead atoms. The van der Waals surface area contributed by atoms with E-state index < -0.39 is 0 Å². The first-order valence-electron chi connectivity index (χ1n) is 5.39. The molecule has 0 amide bonds. The van der Waals surface area contributed by atoms with E-state index in [2.05, 4.69) is 0 Å². The van der Waals surface area contributed by atoms with Crippen LogP contribution in [0.2, 0.25) is 0 Å². The third-order valence-electron chi connectivity index (χ3n) is 3.25. The molecule has 0 aliphatic heterocycles. The lowest BCUT2D eigenvalue weighted by molar-refractivity contribution is -0.121. The van der Waals surface area contributed by atoms with Crippen molar-refractivity contribution in [2.75, 3.05) is 0 Å². The van der Waals surface area contributed by atoms with Gasteiger partial charge in [-0.25, -0.2) is 0 Å². The first-order valence-corrected chi connectivity index (χ1v) is 5.39. The molecule has 2 aliphatic rings. The highest BCUT2D eigenvalue weighted by molar-refractivity contribution is 5.83. The zero-order valence-corrected chi connectivity index (χ0v) is 7.72. The molecule has 0 spiro atoms. The number of rotatable bonds is 3. The Labute approximate surface area is 74.5 Å². The Morgan fingerprint density at radius 3 is 2.25 bits per heavy atom. The lowest BCUT2D eigenvalue weighted by Crippen LogP contribution is -2.12. The van der Waals surface area contributed by atoms with Crippen LogP contribution in [0.15, 0.2) is 0 Å². The van der Waals surface area contributed by atoms with Crippen LogP contribution >= 0.6 is 0 Å². The Morgan fingerprint density at radius 2 is 1.67 bits per heavy atom. The van der Waals surface area contributed by atoms with E-state index in [9.17, 15) is 4.79 Å². The molecular formula is C11H18O. The lowest BCUT2D eigenvalue weighted by atomic mass is 9.85. The lowest BCUT2D eigenvalue weighted by Gasteiger charge is -2.20. The Kier molecular flexibility index (Phi) is 2.48. The van der Waals surface area contributed by atoms with E-state index >= 15 is 0 Å². The first-order chi connectivity index (χ1) is 5.86. The van der Waals surface area contributed by atoms with Crippen molar-refractivity contribution in [1.82, 2.24) is 0 Å². The molecule has 0 N–H and O–H groups in total. The summed E-state index contributed by atoms with van der Waals surface area (Å²) in [6.45, 7) is 0. The van der Waals surface area contributed by atoms with Crippen molar-refractivity contribution in [1.29, 1.82) is 0 Å². The van der Waals surface area contributed by atoms with Gasteiger partial charge in [-0.05, 0) is 18.8 Å². The Bertz CT molecular complexity index is 164. The van der Waals surface area contributed by atoms with Crippen LogP contribution in [-0.4, -0.2) is 5.78 Å². The zero-order valence-electron chi connectivity index (χ0n) is 7.72. The molecule has 2 saturated carbocycles. The second-order valence-corrected chi connectivity index (χ2v) is 4.45. The maximum Gasteiger partial charge on any atom is 0.136 e. The molecule has 0 aromatic carbocycles. The highest BCUT2D eigenvalue weighted by atomic mass is 16.1. The quantitative estimate of drug-likeness (QED) is 0.630. The van der Waals surface area contributed by atoms with Crippen LogP contribution in [0.4, 0.5) is 0 Å². The minimum Gasteiger partial charge on any atom is -0.299 e. The van der Waals surface area contributed by atoms with E-state index in [1.165, 1.54) is 44.9 Å². The van der Waals surface area contributed by atoms with Crippen molar-refractivity contribution in [3.05, 3.63) is 0 Å². The molecule has 1 heteroatoms. The molecule has 12 heavy (non-hydrogen) atoms. The molecule has 2 fully saturated rings. The van der Waals surface area contributed by atoms with Gasteiger partial charge in [0.05, 0.1) is 0 Å². The Balaban J connectivity index is 1.73. The monoisotopic (exact) mass is 166 g/mol. The minimum atomic E-state index is 0.493. The smallest absolute Gasteiger partial charge is 0.136 e. The number of ketones is 1. The van der Waals surface area contributed by atoms with Gasteiger partial charge >= 0.3 is 0 Å². The molecule has 1 nitrogen and oxygen atoms in total. The summed E-state index contributed by atoms with van der Waals surface area (Å²) in [6.07, 6.45) is 10.0. The Morgan fingerprint density at radius 1 is 1.00 bits per heavy atom. The minimum absolute atomic E-state index is 0.493. The van der Waals surface area contributed by atoms with Crippen molar-refractivity contribution >= 4 is 5.78 Å². The van der Waals surface area contributed by atoms with Crippen LogP contribution in [0.5, 0.6) is 0 Å². The second kappa shape index (κ2) is 3.59. The number of carbonyl (C=O) groups is 1. The van der Waals surface area contributed by atoms with Crippen molar-refractivity contribution < 1.29 is 4.79 Å². The van der Waals surface area contributed by atoms with Gasteiger partial charge in [0.1, 0.15) is 5.78 Å². The van der Waals surface area contributed by atoms with Crippen molar-refractivity contribution in [2.24, 2.45) is 11.8 Å². The van der Waals surface area contributed by atoms with E-state index in [-0.39, 0.29) is 0 Å². The van der Waals surface area contributed by atoms with Gasteiger partial charge in [-0.1, -0.05) is 32.1 Å². The van der Waals surface area contributed by atoms with E-state index in [0.717, 1.165) is 12.3 Å². The fourth-order valence-corrected chi connectivity index (χ4v) is 2.25. The van der Waals surface area contributed by atoms with E-state index in [0.29, 0.717) is 11.7 Å². The molecular weight excluding hydrogens is 148 g/mol. The molecule has 0 heterocycles. The average molecular weight is 166 g/mol. The normalized spacial score (nSPS) is 25.7. The topological polar surface area (TPSA) is 17.1 Å². The molecule has 2 rings (SSSR count). The van der Waals surface area contributed by atoms with Gasteiger partial charge in [0.25, 0.3) is 0 Å². The summed E-state index contributed by atoms with van der Waals surface area (Å²) in [5.41, 5.74) is 0. The average Bonchev–Trinajstić information content (AvgIpc) is 2.88. The molecule has 0 aromatic rings. The van der Waals surface area contributed by atoms with Crippen LogP contribution < -0.4 is 0 Å². The predicted molar refractivity (Wildman–Crippen MR) is 48.9 cm³/mol. The summed E-state index contributed by atoms with van der Waals surface area (Å²) < 4.78 is 0. The van der Waals surface area contributed by atoms with Crippen molar-refractivity contribution in [3.8, 4) is 0 Å². The largest absolute Gasteiger partial charge is 0.299 e. The molecule has 0 saturated heterocycles. The zero-order chi connectivity index (χ0) is 8.39. The summed E-state index contributed by atoms with van der Waals surface area (Å²) in [6, 6.07) is 0. The van der Waals surface area contributed by atoms with Crippen LogP contribution in [0, 0.1) is 11.8 Å². The second-order valence-electron chi connectivity index (χ2n) is 4.45. The third-order valence-corrected chi connectivity index (χ3v) is 3.25. The van der Waals surface area contributed by atoms with Gasteiger partial charge in [0, 0.05) is 12.3 Å². The molecule has 0 aromatic heterocycles. The summed E-state index contributed by atoms with van der Waals surface area (Å²) >= 11 is 0. The van der Waals surface area contributed by atoms with E-state index in [1.54, 1.807) is 0 Å². The summed E-state index contributed by atoms with van der Waals surface area (Å²) in [5.74, 6) is 1.82. The molecule has 0 atom stereocenters. The van der Waals surface area contributed by atoms with Crippen LogP contribution in [0.3, 0.4) is 0 Å². The predicted octanol–water partition coefficient (Wildman–Crippen LogP) is 2.94. The van der Waals surface area contributed by atoms with Crippen molar-refractivity contribution in [2.45, 2.75) is 51.4 Å². The first kappa shape index (κ1) is 8.28. The highest BCUT2D eigenvalue weighted by Crippen LogP contribution is 2.34. The SMILES string of the molecule is O=C(CC1CCCCC1)C1CC1. The summed E-state index contributed by atoms with van der Waals surface area (Å²) in [5, 5.41) is 0. The van der Waals surface area contributed by atoms with Gasteiger partial charge in [-0.15, -0.1) is 0 Å². The van der Waals surface area contributed by atoms with E-state index in [1.807, 2.05) is 0 Å². The number of hydrogen-bond donors (Lipinski definition) is 0. The van der Waals surface area contributed by atoms with Gasteiger partial charge in [0.2, 0.25) is 0 Å². The molecule has 0 unspecified atom stereocenters. The number of hydrogen-bond acceptors (Lipinski definition) is 1. The highest BCUT2D eigenvalue weighted by Gasteiger charge is 2.30.